The first-order valence-electron chi connectivity index (χ1n) is 7.13. The van der Waals surface area contributed by atoms with Gasteiger partial charge in [-0.25, -0.2) is 4.98 Å². The Labute approximate surface area is 117 Å². The molecule has 4 nitrogen and oxygen atoms in total. The lowest BCUT2D eigenvalue weighted by Gasteiger charge is -2.25. The van der Waals surface area contributed by atoms with Gasteiger partial charge in [-0.05, 0) is 31.6 Å². The summed E-state index contributed by atoms with van der Waals surface area (Å²) in [5.41, 5.74) is 0. The molecule has 0 radical (unpaired) electrons. The fourth-order valence-corrected chi connectivity index (χ4v) is 2.18. The van der Waals surface area contributed by atoms with E-state index in [0.717, 1.165) is 6.54 Å². The lowest BCUT2D eigenvalue weighted by atomic mass is 9.85. The van der Waals surface area contributed by atoms with E-state index in [2.05, 4.69) is 43.0 Å². The van der Waals surface area contributed by atoms with Crippen molar-refractivity contribution < 1.29 is 4.74 Å². The summed E-state index contributed by atoms with van der Waals surface area (Å²) >= 11 is 0. The van der Waals surface area contributed by atoms with Crippen molar-refractivity contribution in [1.82, 2.24) is 9.97 Å². The van der Waals surface area contributed by atoms with E-state index >= 15 is 0 Å². The SMILES string of the molecule is CC(C)Oc1ccnc(NCC(C(C)C)C(C)C)n1. The van der Waals surface area contributed by atoms with Crippen LogP contribution in [0.5, 0.6) is 5.88 Å². The van der Waals surface area contributed by atoms with Crippen molar-refractivity contribution in [3.63, 3.8) is 0 Å². The van der Waals surface area contributed by atoms with E-state index in [1.807, 2.05) is 13.8 Å². The Morgan fingerprint density at radius 3 is 2.26 bits per heavy atom. The molecular formula is C15H27N3O. The lowest BCUT2D eigenvalue weighted by molar-refractivity contribution is 0.232. The van der Waals surface area contributed by atoms with E-state index in [9.17, 15) is 0 Å². The van der Waals surface area contributed by atoms with Gasteiger partial charge in [0.05, 0.1) is 6.10 Å². The summed E-state index contributed by atoms with van der Waals surface area (Å²) < 4.78 is 5.57. The molecule has 0 fully saturated rings. The summed E-state index contributed by atoms with van der Waals surface area (Å²) in [7, 11) is 0. The van der Waals surface area contributed by atoms with Crippen LogP contribution in [0.15, 0.2) is 12.3 Å². The summed E-state index contributed by atoms with van der Waals surface area (Å²) in [5.74, 6) is 3.16. The molecule has 0 bridgehead atoms. The number of rotatable bonds is 7. The second-order valence-corrected chi connectivity index (χ2v) is 5.92. The molecule has 0 aromatic carbocycles. The predicted molar refractivity (Wildman–Crippen MR) is 79.5 cm³/mol. The average Bonchev–Trinajstić information content (AvgIpc) is 2.27. The van der Waals surface area contributed by atoms with E-state index in [0.29, 0.717) is 29.6 Å². The number of anilines is 1. The van der Waals surface area contributed by atoms with Crippen LogP contribution in [0, 0.1) is 17.8 Å². The first-order chi connectivity index (χ1) is 8.90. The molecule has 1 N–H and O–H groups in total. The van der Waals surface area contributed by atoms with Crippen LogP contribution < -0.4 is 10.1 Å². The van der Waals surface area contributed by atoms with Gasteiger partial charge >= 0.3 is 0 Å². The zero-order chi connectivity index (χ0) is 14.4. The van der Waals surface area contributed by atoms with Crippen molar-refractivity contribution in [3.05, 3.63) is 12.3 Å². The molecule has 108 valence electrons. The molecule has 1 aromatic rings. The van der Waals surface area contributed by atoms with Gasteiger partial charge in [0.1, 0.15) is 0 Å². The largest absolute Gasteiger partial charge is 0.475 e. The molecular weight excluding hydrogens is 238 g/mol. The first kappa shape index (κ1) is 15.7. The second-order valence-electron chi connectivity index (χ2n) is 5.92. The topological polar surface area (TPSA) is 47.0 Å². The Kier molecular flexibility index (Phi) is 6.06. The van der Waals surface area contributed by atoms with Crippen LogP contribution in [0.3, 0.4) is 0 Å². The molecule has 0 aliphatic rings. The number of hydrogen-bond acceptors (Lipinski definition) is 4. The quantitative estimate of drug-likeness (QED) is 0.818. The van der Waals surface area contributed by atoms with Gasteiger partial charge in [0.2, 0.25) is 11.8 Å². The molecule has 0 aliphatic heterocycles. The van der Waals surface area contributed by atoms with Crippen LogP contribution in [-0.4, -0.2) is 22.6 Å². The summed E-state index contributed by atoms with van der Waals surface area (Å²) in [6.07, 6.45) is 1.86. The number of aromatic nitrogens is 2. The third kappa shape index (κ3) is 5.45. The Balaban J connectivity index is 2.61. The summed E-state index contributed by atoms with van der Waals surface area (Å²) in [4.78, 5) is 8.59. The molecule has 0 spiro atoms. The molecule has 0 saturated carbocycles. The van der Waals surface area contributed by atoms with Gasteiger partial charge in [-0.15, -0.1) is 0 Å². The summed E-state index contributed by atoms with van der Waals surface area (Å²) in [5, 5.41) is 3.32. The van der Waals surface area contributed by atoms with E-state index in [4.69, 9.17) is 4.74 Å². The van der Waals surface area contributed by atoms with Gasteiger partial charge in [0.25, 0.3) is 0 Å². The molecule has 0 amide bonds. The van der Waals surface area contributed by atoms with Gasteiger partial charge < -0.3 is 10.1 Å². The zero-order valence-corrected chi connectivity index (χ0v) is 13.0. The molecule has 0 atom stereocenters. The zero-order valence-electron chi connectivity index (χ0n) is 13.0. The van der Waals surface area contributed by atoms with Gasteiger partial charge in [0.15, 0.2) is 0 Å². The molecule has 1 heterocycles. The number of ether oxygens (including phenoxy) is 1. The standard InChI is InChI=1S/C15H27N3O/c1-10(2)13(11(3)4)9-17-15-16-8-7-14(18-15)19-12(5)6/h7-8,10-13H,9H2,1-6H3,(H,16,17,18). The van der Waals surface area contributed by atoms with Crippen molar-refractivity contribution in [2.24, 2.45) is 17.8 Å². The van der Waals surface area contributed by atoms with Gasteiger partial charge in [-0.1, -0.05) is 27.7 Å². The Morgan fingerprint density at radius 1 is 1.11 bits per heavy atom. The first-order valence-corrected chi connectivity index (χ1v) is 7.13. The highest BCUT2D eigenvalue weighted by molar-refractivity contribution is 5.27. The minimum Gasteiger partial charge on any atom is -0.475 e. The minimum atomic E-state index is 0.127. The molecule has 0 unspecified atom stereocenters. The van der Waals surface area contributed by atoms with Gasteiger partial charge in [-0.3, -0.25) is 0 Å². The highest BCUT2D eigenvalue weighted by atomic mass is 16.5. The monoisotopic (exact) mass is 265 g/mol. The van der Waals surface area contributed by atoms with E-state index in [-0.39, 0.29) is 6.10 Å². The molecule has 19 heavy (non-hydrogen) atoms. The molecule has 1 aromatic heterocycles. The Hall–Kier alpha value is -1.32. The summed E-state index contributed by atoms with van der Waals surface area (Å²) in [6.45, 7) is 13.9. The van der Waals surface area contributed by atoms with Crippen LogP contribution in [0.25, 0.3) is 0 Å². The van der Waals surface area contributed by atoms with Crippen molar-refractivity contribution in [2.75, 3.05) is 11.9 Å². The number of nitrogens with one attached hydrogen (secondary N) is 1. The van der Waals surface area contributed by atoms with Crippen LogP contribution in [0.1, 0.15) is 41.5 Å². The van der Waals surface area contributed by atoms with Crippen molar-refractivity contribution >= 4 is 5.95 Å². The maximum Gasteiger partial charge on any atom is 0.225 e. The third-order valence-electron chi connectivity index (χ3n) is 3.19. The van der Waals surface area contributed by atoms with Crippen molar-refractivity contribution in [2.45, 2.75) is 47.6 Å². The van der Waals surface area contributed by atoms with E-state index in [1.54, 1.807) is 12.3 Å². The van der Waals surface area contributed by atoms with Crippen molar-refractivity contribution in [1.29, 1.82) is 0 Å². The minimum absolute atomic E-state index is 0.127. The molecule has 0 aliphatic carbocycles. The second kappa shape index (κ2) is 7.31. The average molecular weight is 265 g/mol. The van der Waals surface area contributed by atoms with Gasteiger partial charge in [0, 0.05) is 18.8 Å². The predicted octanol–water partition coefficient (Wildman–Crippen LogP) is 3.60. The highest BCUT2D eigenvalue weighted by Crippen LogP contribution is 2.21. The number of hydrogen-bond donors (Lipinski definition) is 1. The van der Waals surface area contributed by atoms with Crippen LogP contribution >= 0.6 is 0 Å². The maximum atomic E-state index is 5.57. The molecule has 4 heteroatoms. The highest BCUT2D eigenvalue weighted by Gasteiger charge is 2.17. The van der Waals surface area contributed by atoms with Crippen LogP contribution in [-0.2, 0) is 0 Å². The van der Waals surface area contributed by atoms with Crippen molar-refractivity contribution in [3.8, 4) is 5.88 Å². The molecule has 1 rings (SSSR count). The van der Waals surface area contributed by atoms with E-state index in [1.165, 1.54) is 0 Å². The Bertz CT molecular complexity index is 369. The molecule has 0 saturated heterocycles. The van der Waals surface area contributed by atoms with Crippen LogP contribution in [0.4, 0.5) is 5.95 Å². The van der Waals surface area contributed by atoms with E-state index < -0.39 is 0 Å². The smallest absolute Gasteiger partial charge is 0.225 e. The fourth-order valence-electron chi connectivity index (χ4n) is 2.18. The number of nitrogens with zero attached hydrogens (tertiary/aromatic N) is 2. The van der Waals surface area contributed by atoms with Gasteiger partial charge in [-0.2, -0.15) is 4.98 Å². The maximum absolute atomic E-state index is 5.57. The summed E-state index contributed by atoms with van der Waals surface area (Å²) in [6, 6.07) is 1.79. The third-order valence-corrected chi connectivity index (χ3v) is 3.19. The Morgan fingerprint density at radius 2 is 1.74 bits per heavy atom. The fraction of sp³-hybridized carbons (Fsp3) is 0.733. The normalized spacial score (nSPS) is 11.7. The lowest BCUT2D eigenvalue weighted by Crippen LogP contribution is -2.25. The van der Waals surface area contributed by atoms with Crippen LogP contribution in [0.2, 0.25) is 0 Å².